The molecule has 0 amide bonds. The van der Waals surface area contributed by atoms with Crippen LogP contribution in [0.1, 0.15) is 24.5 Å². The average Bonchev–Trinajstić information content (AvgIpc) is 2.84. The molecule has 0 saturated heterocycles. The fraction of sp³-hybridized carbons (Fsp3) is 0.462. The molecule has 19 heavy (non-hydrogen) atoms. The minimum Gasteiger partial charge on any atom is -0.468 e. The van der Waals surface area contributed by atoms with Gasteiger partial charge in [-0.1, -0.05) is 6.07 Å². The molecular formula is C13H17NO4S. The number of aryl methyl sites for hydroxylation is 2. The van der Waals surface area contributed by atoms with Crippen molar-refractivity contribution in [3.05, 3.63) is 29.3 Å². The molecule has 5 nitrogen and oxygen atoms in total. The minimum absolute atomic E-state index is 0.198. The standard InChI is InChI=1S/C13H17NO4S/c1-9(13(15)18-2)14-19(16,17)12-7-6-10-4-3-5-11(10)8-12/h6-9,14H,3-5H2,1-2H3/t9-/m0/s1. The molecule has 0 radical (unpaired) electrons. The molecule has 0 fully saturated rings. The van der Waals surface area contributed by atoms with E-state index in [1.807, 2.05) is 6.07 Å². The molecule has 0 saturated carbocycles. The number of hydrogen-bond acceptors (Lipinski definition) is 4. The summed E-state index contributed by atoms with van der Waals surface area (Å²) >= 11 is 0. The van der Waals surface area contributed by atoms with Gasteiger partial charge in [0.2, 0.25) is 10.0 Å². The van der Waals surface area contributed by atoms with E-state index >= 15 is 0 Å². The summed E-state index contributed by atoms with van der Waals surface area (Å²) in [5.41, 5.74) is 2.29. The maximum Gasteiger partial charge on any atom is 0.323 e. The fourth-order valence-electron chi connectivity index (χ4n) is 2.24. The number of nitrogens with one attached hydrogen (secondary N) is 1. The zero-order valence-electron chi connectivity index (χ0n) is 11.0. The summed E-state index contributed by atoms with van der Waals surface area (Å²) in [6.45, 7) is 1.46. The molecule has 1 aromatic carbocycles. The Morgan fingerprint density at radius 1 is 1.32 bits per heavy atom. The van der Waals surface area contributed by atoms with Gasteiger partial charge in [0.05, 0.1) is 12.0 Å². The molecule has 1 aliphatic carbocycles. The molecule has 1 aromatic rings. The number of methoxy groups -OCH3 is 1. The normalized spacial score (nSPS) is 15.9. The number of fused-ring (bicyclic) bond motifs is 1. The van der Waals surface area contributed by atoms with E-state index in [4.69, 9.17) is 0 Å². The smallest absolute Gasteiger partial charge is 0.323 e. The maximum absolute atomic E-state index is 12.1. The van der Waals surface area contributed by atoms with Gasteiger partial charge in [-0.15, -0.1) is 0 Å². The minimum atomic E-state index is -3.69. The molecule has 104 valence electrons. The number of esters is 1. The van der Waals surface area contributed by atoms with E-state index in [2.05, 4.69) is 9.46 Å². The highest BCUT2D eigenvalue weighted by atomic mass is 32.2. The number of rotatable bonds is 4. The molecule has 0 aliphatic heterocycles. The van der Waals surface area contributed by atoms with Crippen molar-refractivity contribution in [3.63, 3.8) is 0 Å². The van der Waals surface area contributed by atoms with Crippen LogP contribution in [0.2, 0.25) is 0 Å². The number of carbonyl (C=O) groups is 1. The van der Waals surface area contributed by atoms with Crippen molar-refractivity contribution in [1.82, 2.24) is 4.72 Å². The van der Waals surface area contributed by atoms with Crippen molar-refractivity contribution < 1.29 is 17.9 Å². The average molecular weight is 283 g/mol. The van der Waals surface area contributed by atoms with Crippen molar-refractivity contribution in [2.75, 3.05) is 7.11 Å². The third-order valence-electron chi connectivity index (χ3n) is 3.27. The molecule has 0 heterocycles. The molecule has 2 rings (SSSR count). The van der Waals surface area contributed by atoms with Crippen LogP contribution < -0.4 is 4.72 Å². The van der Waals surface area contributed by atoms with Crippen LogP contribution in [0.3, 0.4) is 0 Å². The Balaban J connectivity index is 2.22. The lowest BCUT2D eigenvalue weighted by atomic mass is 10.1. The maximum atomic E-state index is 12.1. The predicted octanol–water partition coefficient (Wildman–Crippen LogP) is 1.02. The third kappa shape index (κ3) is 2.96. The fourth-order valence-corrected chi connectivity index (χ4v) is 3.48. The van der Waals surface area contributed by atoms with Crippen molar-refractivity contribution in [2.45, 2.75) is 37.1 Å². The highest BCUT2D eigenvalue weighted by Gasteiger charge is 2.23. The van der Waals surface area contributed by atoms with Crippen LogP contribution in [-0.4, -0.2) is 27.5 Å². The number of ether oxygens (including phenoxy) is 1. The van der Waals surface area contributed by atoms with Gasteiger partial charge in [-0.25, -0.2) is 8.42 Å². The Hall–Kier alpha value is -1.40. The van der Waals surface area contributed by atoms with Crippen LogP contribution in [0.4, 0.5) is 0 Å². The van der Waals surface area contributed by atoms with Gasteiger partial charge in [0.15, 0.2) is 0 Å². The second kappa shape index (κ2) is 5.30. The largest absolute Gasteiger partial charge is 0.468 e. The number of benzene rings is 1. The molecule has 0 aromatic heterocycles. The molecule has 1 N–H and O–H groups in total. The van der Waals surface area contributed by atoms with Gasteiger partial charge in [-0.05, 0) is 49.4 Å². The molecule has 0 spiro atoms. The summed E-state index contributed by atoms with van der Waals surface area (Å²) < 4.78 is 31.1. The molecular weight excluding hydrogens is 266 g/mol. The molecule has 6 heteroatoms. The first-order valence-electron chi connectivity index (χ1n) is 6.16. The van der Waals surface area contributed by atoms with Crippen LogP contribution in [0, 0.1) is 0 Å². The first kappa shape index (κ1) is 14.0. The van der Waals surface area contributed by atoms with E-state index in [0.29, 0.717) is 0 Å². The summed E-state index contributed by atoms with van der Waals surface area (Å²) in [5.74, 6) is -0.607. The molecule has 0 unspecified atom stereocenters. The quantitative estimate of drug-likeness (QED) is 0.837. The second-order valence-corrected chi connectivity index (χ2v) is 6.36. The first-order valence-corrected chi connectivity index (χ1v) is 7.64. The number of carbonyl (C=O) groups excluding carboxylic acids is 1. The highest BCUT2D eigenvalue weighted by Crippen LogP contribution is 2.24. The zero-order valence-corrected chi connectivity index (χ0v) is 11.8. The van der Waals surface area contributed by atoms with Gasteiger partial charge in [0.25, 0.3) is 0 Å². The van der Waals surface area contributed by atoms with Crippen LogP contribution >= 0.6 is 0 Å². The summed E-state index contributed by atoms with van der Waals surface area (Å²) in [6.07, 6.45) is 2.97. The Morgan fingerprint density at radius 3 is 2.68 bits per heavy atom. The Bertz CT molecular complexity index is 595. The SMILES string of the molecule is COC(=O)[C@H](C)NS(=O)(=O)c1ccc2c(c1)CCC2. The first-order chi connectivity index (χ1) is 8.94. The Kier molecular flexibility index (Phi) is 3.91. The van der Waals surface area contributed by atoms with Gasteiger partial charge in [0.1, 0.15) is 6.04 Å². The molecule has 1 atom stereocenters. The summed E-state index contributed by atoms with van der Waals surface area (Å²) in [4.78, 5) is 11.5. The monoisotopic (exact) mass is 283 g/mol. The van der Waals surface area contributed by atoms with E-state index in [1.54, 1.807) is 12.1 Å². The van der Waals surface area contributed by atoms with Crippen molar-refractivity contribution in [3.8, 4) is 0 Å². The Labute approximate surface area is 113 Å². The predicted molar refractivity (Wildman–Crippen MR) is 70.3 cm³/mol. The van der Waals surface area contributed by atoms with Crippen LogP contribution in [-0.2, 0) is 32.4 Å². The zero-order chi connectivity index (χ0) is 14.0. The molecule has 0 bridgehead atoms. The summed E-state index contributed by atoms with van der Waals surface area (Å²) in [5, 5.41) is 0. The lowest BCUT2D eigenvalue weighted by Crippen LogP contribution is -2.39. The van der Waals surface area contributed by atoms with Gasteiger partial charge in [0, 0.05) is 0 Å². The van der Waals surface area contributed by atoms with Gasteiger partial charge < -0.3 is 4.74 Å². The van der Waals surface area contributed by atoms with Gasteiger partial charge in [-0.2, -0.15) is 4.72 Å². The summed E-state index contributed by atoms with van der Waals surface area (Å²) in [6, 6.07) is 4.22. The van der Waals surface area contributed by atoms with E-state index in [0.717, 1.165) is 24.8 Å². The summed E-state index contributed by atoms with van der Waals surface area (Å²) in [7, 11) is -2.46. The van der Waals surface area contributed by atoms with Gasteiger partial charge >= 0.3 is 5.97 Å². The van der Waals surface area contributed by atoms with Crippen molar-refractivity contribution in [2.24, 2.45) is 0 Å². The lowest BCUT2D eigenvalue weighted by molar-refractivity contribution is -0.142. The number of sulfonamides is 1. The topological polar surface area (TPSA) is 72.5 Å². The van der Waals surface area contributed by atoms with Gasteiger partial charge in [-0.3, -0.25) is 4.79 Å². The molecule has 1 aliphatic rings. The van der Waals surface area contributed by atoms with E-state index in [1.165, 1.54) is 19.6 Å². The Morgan fingerprint density at radius 2 is 2.00 bits per heavy atom. The lowest BCUT2D eigenvalue weighted by Gasteiger charge is -2.12. The van der Waals surface area contributed by atoms with Crippen molar-refractivity contribution >= 4 is 16.0 Å². The highest BCUT2D eigenvalue weighted by molar-refractivity contribution is 7.89. The van der Waals surface area contributed by atoms with Crippen molar-refractivity contribution in [1.29, 1.82) is 0 Å². The van der Waals surface area contributed by atoms with Crippen LogP contribution in [0.5, 0.6) is 0 Å². The van der Waals surface area contributed by atoms with E-state index < -0.39 is 22.0 Å². The van der Waals surface area contributed by atoms with E-state index in [-0.39, 0.29) is 4.90 Å². The van der Waals surface area contributed by atoms with Crippen LogP contribution in [0.25, 0.3) is 0 Å². The number of hydrogen-bond donors (Lipinski definition) is 1. The van der Waals surface area contributed by atoms with E-state index in [9.17, 15) is 13.2 Å². The second-order valence-electron chi connectivity index (χ2n) is 4.65. The van der Waals surface area contributed by atoms with Crippen LogP contribution in [0.15, 0.2) is 23.1 Å². The third-order valence-corrected chi connectivity index (χ3v) is 4.81.